The number of benzene rings is 1. The Balaban J connectivity index is 1.27. The summed E-state index contributed by atoms with van der Waals surface area (Å²) in [5.41, 5.74) is 2.21. The molecule has 7 nitrogen and oxygen atoms in total. The lowest BCUT2D eigenvalue weighted by molar-refractivity contribution is 0.0918. The molecule has 1 saturated carbocycles. The predicted molar refractivity (Wildman–Crippen MR) is 140 cm³/mol. The minimum absolute atomic E-state index is 0.00765. The van der Waals surface area contributed by atoms with E-state index in [0.717, 1.165) is 25.7 Å². The molecule has 1 aromatic heterocycles. The Bertz CT molecular complexity index is 1020. The molecule has 3 N–H and O–H groups in total. The van der Waals surface area contributed by atoms with Crippen LogP contribution in [0.25, 0.3) is 0 Å². The fraction of sp³-hybridized carbons (Fsp3) is 0.519. The SMILES string of the molecule is CC(C)c1ccc(C(=O)Nc2sccc2C(=O)NC2CCN(C(=O)NC3CCCCC3)CC2)cc1. The lowest BCUT2D eigenvalue weighted by atomic mass is 9.95. The summed E-state index contributed by atoms with van der Waals surface area (Å²) in [5.74, 6) is -0.0197. The summed E-state index contributed by atoms with van der Waals surface area (Å²) in [6.45, 7) is 5.48. The molecule has 188 valence electrons. The number of nitrogens with one attached hydrogen (secondary N) is 3. The summed E-state index contributed by atoms with van der Waals surface area (Å²) in [6.07, 6.45) is 7.22. The van der Waals surface area contributed by atoms with Crippen molar-refractivity contribution in [3.63, 3.8) is 0 Å². The molecule has 1 aliphatic carbocycles. The number of amides is 4. The van der Waals surface area contributed by atoms with Crippen LogP contribution in [0.1, 0.15) is 91.0 Å². The zero-order chi connectivity index (χ0) is 24.8. The number of likely N-dealkylation sites (tertiary alicyclic amines) is 1. The van der Waals surface area contributed by atoms with Crippen molar-refractivity contribution in [1.82, 2.24) is 15.5 Å². The molecule has 0 radical (unpaired) electrons. The fourth-order valence-corrected chi connectivity index (χ4v) is 5.56. The number of urea groups is 1. The highest BCUT2D eigenvalue weighted by Gasteiger charge is 2.27. The lowest BCUT2D eigenvalue weighted by Gasteiger charge is -2.34. The third-order valence-corrected chi connectivity index (χ3v) is 7.86. The Morgan fingerprint density at radius 2 is 1.51 bits per heavy atom. The van der Waals surface area contributed by atoms with E-state index in [-0.39, 0.29) is 23.9 Å². The molecule has 2 heterocycles. The third kappa shape index (κ3) is 6.63. The van der Waals surface area contributed by atoms with Crippen molar-refractivity contribution < 1.29 is 14.4 Å². The first-order valence-corrected chi connectivity index (χ1v) is 13.6. The summed E-state index contributed by atoms with van der Waals surface area (Å²) >= 11 is 1.34. The smallest absolute Gasteiger partial charge is 0.317 e. The normalized spacial score (nSPS) is 17.3. The number of rotatable bonds is 6. The zero-order valence-electron chi connectivity index (χ0n) is 20.6. The second kappa shape index (κ2) is 11.7. The van der Waals surface area contributed by atoms with Crippen molar-refractivity contribution in [2.75, 3.05) is 18.4 Å². The molecular formula is C27H36N4O3S. The van der Waals surface area contributed by atoms with Gasteiger partial charge in [-0.15, -0.1) is 11.3 Å². The van der Waals surface area contributed by atoms with E-state index < -0.39 is 0 Å². The van der Waals surface area contributed by atoms with Gasteiger partial charge in [-0.2, -0.15) is 0 Å². The summed E-state index contributed by atoms with van der Waals surface area (Å²) in [5, 5.41) is 11.5. The van der Waals surface area contributed by atoms with Gasteiger partial charge in [0.2, 0.25) is 0 Å². The fourth-order valence-electron chi connectivity index (χ4n) is 4.78. The van der Waals surface area contributed by atoms with E-state index in [9.17, 15) is 14.4 Å². The van der Waals surface area contributed by atoms with Crippen molar-refractivity contribution in [1.29, 1.82) is 0 Å². The molecule has 4 amide bonds. The molecule has 0 atom stereocenters. The Morgan fingerprint density at radius 1 is 0.857 bits per heavy atom. The van der Waals surface area contributed by atoms with Crippen molar-refractivity contribution in [3.8, 4) is 0 Å². The van der Waals surface area contributed by atoms with E-state index >= 15 is 0 Å². The van der Waals surface area contributed by atoms with Gasteiger partial charge < -0.3 is 20.9 Å². The molecular weight excluding hydrogens is 460 g/mol. The van der Waals surface area contributed by atoms with Crippen molar-refractivity contribution in [2.45, 2.75) is 76.8 Å². The quantitative estimate of drug-likeness (QED) is 0.503. The molecule has 8 heteroatoms. The van der Waals surface area contributed by atoms with Crippen LogP contribution in [0, 0.1) is 0 Å². The monoisotopic (exact) mass is 496 g/mol. The maximum atomic E-state index is 13.0. The van der Waals surface area contributed by atoms with Crippen LogP contribution in [-0.2, 0) is 0 Å². The maximum Gasteiger partial charge on any atom is 0.317 e. The van der Waals surface area contributed by atoms with Crippen molar-refractivity contribution in [2.24, 2.45) is 0 Å². The van der Waals surface area contributed by atoms with E-state index in [0.29, 0.717) is 41.2 Å². The van der Waals surface area contributed by atoms with E-state index in [1.807, 2.05) is 34.5 Å². The predicted octanol–water partition coefficient (Wildman–Crippen LogP) is 5.36. The van der Waals surface area contributed by atoms with Gasteiger partial charge in [0.1, 0.15) is 5.00 Å². The van der Waals surface area contributed by atoms with E-state index in [4.69, 9.17) is 0 Å². The molecule has 0 spiro atoms. The number of anilines is 1. The molecule has 0 unspecified atom stereocenters. The number of piperidine rings is 1. The second-order valence-corrected chi connectivity index (χ2v) is 10.8. The van der Waals surface area contributed by atoms with Crippen LogP contribution in [0.2, 0.25) is 0 Å². The van der Waals surface area contributed by atoms with Crippen LogP contribution in [0.15, 0.2) is 35.7 Å². The van der Waals surface area contributed by atoms with Gasteiger partial charge in [-0.25, -0.2) is 4.79 Å². The Hall–Kier alpha value is -2.87. The van der Waals surface area contributed by atoms with Gasteiger partial charge in [-0.1, -0.05) is 45.2 Å². The molecule has 4 rings (SSSR count). The number of carbonyl (C=O) groups is 3. The van der Waals surface area contributed by atoms with E-state index in [1.165, 1.54) is 36.2 Å². The molecule has 2 aliphatic rings. The van der Waals surface area contributed by atoms with Gasteiger partial charge in [0.05, 0.1) is 5.56 Å². The Labute approximate surface area is 211 Å². The van der Waals surface area contributed by atoms with E-state index in [2.05, 4.69) is 29.8 Å². The van der Waals surface area contributed by atoms with Gasteiger partial charge in [0.25, 0.3) is 11.8 Å². The van der Waals surface area contributed by atoms with Gasteiger partial charge in [-0.3, -0.25) is 9.59 Å². The first kappa shape index (κ1) is 25.2. The summed E-state index contributed by atoms with van der Waals surface area (Å²) in [7, 11) is 0. The summed E-state index contributed by atoms with van der Waals surface area (Å²) in [6, 6.07) is 9.62. The molecule has 2 aromatic rings. The Morgan fingerprint density at radius 3 is 2.17 bits per heavy atom. The van der Waals surface area contributed by atoms with Crippen LogP contribution in [0.3, 0.4) is 0 Å². The molecule has 1 saturated heterocycles. The average Bonchev–Trinajstić information content (AvgIpc) is 3.33. The number of thiophene rings is 1. The summed E-state index contributed by atoms with van der Waals surface area (Å²) < 4.78 is 0. The number of hydrogen-bond acceptors (Lipinski definition) is 4. The first-order chi connectivity index (χ1) is 16.9. The van der Waals surface area contributed by atoms with Crippen molar-refractivity contribution in [3.05, 3.63) is 52.4 Å². The van der Waals surface area contributed by atoms with Crippen LogP contribution in [-0.4, -0.2) is 47.9 Å². The highest BCUT2D eigenvalue weighted by molar-refractivity contribution is 7.14. The number of carbonyl (C=O) groups excluding carboxylic acids is 3. The van der Waals surface area contributed by atoms with Crippen LogP contribution in [0.4, 0.5) is 9.80 Å². The molecule has 1 aliphatic heterocycles. The largest absolute Gasteiger partial charge is 0.349 e. The average molecular weight is 497 g/mol. The number of hydrogen-bond donors (Lipinski definition) is 3. The molecule has 1 aromatic carbocycles. The zero-order valence-corrected chi connectivity index (χ0v) is 21.5. The van der Waals surface area contributed by atoms with Gasteiger partial charge in [0.15, 0.2) is 0 Å². The third-order valence-electron chi connectivity index (χ3n) is 7.03. The van der Waals surface area contributed by atoms with Crippen LogP contribution < -0.4 is 16.0 Å². The maximum absolute atomic E-state index is 13.0. The Kier molecular flexibility index (Phi) is 8.44. The van der Waals surface area contributed by atoms with Gasteiger partial charge in [-0.05, 0) is 60.7 Å². The second-order valence-electron chi connectivity index (χ2n) is 9.91. The van der Waals surface area contributed by atoms with Gasteiger partial charge in [0, 0.05) is 30.7 Å². The van der Waals surface area contributed by atoms with Gasteiger partial charge >= 0.3 is 6.03 Å². The molecule has 35 heavy (non-hydrogen) atoms. The topological polar surface area (TPSA) is 90.5 Å². The lowest BCUT2D eigenvalue weighted by Crippen LogP contribution is -2.51. The summed E-state index contributed by atoms with van der Waals surface area (Å²) in [4.78, 5) is 40.1. The first-order valence-electron chi connectivity index (χ1n) is 12.8. The number of nitrogens with zero attached hydrogens (tertiary/aromatic N) is 1. The molecule has 2 fully saturated rings. The highest BCUT2D eigenvalue weighted by Crippen LogP contribution is 2.25. The van der Waals surface area contributed by atoms with Crippen molar-refractivity contribution >= 4 is 34.2 Å². The van der Waals surface area contributed by atoms with Crippen LogP contribution in [0.5, 0.6) is 0 Å². The van der Waals surface area contributed by atoms with E-state index in [1.54, 1.807) is 6.07 Å². The minimum atomic E-state index is -0.228. The minimum Gasteiger partial charge on any atom is -0.349 e. The highest BCUT2D eigenvalue weighted by atomic mass is 32.1. The van der Waals surface area contributed by atoms with Crippen LogP contribution >= 0.6 is 11.3 Å². The molecule has 0 bridgehead atoms. The standard InChI is InChI=1S/C27H36N4O3S/c1-18(2)19-8-10-20(11-9-19)24(32)30-26-23(14-17-35-26)25(33)28-22-12-15-31(16-13-22)27(34)29-21-6-4-3-5-7-21/h8-11,14,17-18,21-22H,3-7,12-13,15-16H2,1-2H3,(H,28,33)(H,29,34)(H,30,32).